The molecule has 1 aromatic rings. The molecular weight excluding hydrogens is 404 g/mol. The van der Waals surface area contributed by atoms with Crippen molar-refractivity contribution in [2.24, 2.45) is 0 Å². The number of amides is 2. The third kappa shape index (κ3) is 4.11. The minimum absolute atomic E-state index is 0.0749. The predicted molar refractivity (Wildman–Crippen MR) is 98.8 cm³/mol. The second-order valence-corrected chi connectivity index (χ2v) is 6.17. The van der Waals surface area contributed by atoms with E-state index in [2.05, 4.69) is 32.5 Å². The largest absolute Gasteiger partial charge is 0.493 e. The maximum absolute atomic E-state index is 12.4. The minimum Gasteiger partial charge on any atom is -0.493 e. The van der Waals surface area contributed by atoms with Crippen LogP contribution in [0.4, 0.5) is 4.79 Å². The molecule has 2 rings (SSSR count). The zero-order valence-electron chi connectivity index (χ0n) is 14.6. The van der Waals surface area contributed by atoms with E-state index in [1.807, 2.05) is 0 Å². The molecule has 1 aromatic carbocycles. The lowest BCUT2D eigenvalue weighted by Crippen LogP contribution is -2.45. The molecule has 8 heteroatoms. The Hall–Kier alpha value is -2.66. The van der Waals surface area contributed by atoms with E-state index >= 15 is 0 Å². The number of carbonyl (C=O) groups is 2. The molecular formula is C18H19BrN2O5. The number of urea groups is 1. The van der Waals surface area contributed by atoms with Gasteiger partial charge in [0.05, 0.1) is 29.8 Å². The fraction of sp³-hybridized carbons (Fsp3) is 0.333. The Balaban J connectivity index is 2.52. The summed E-state index contributed by atoms with van der Waals surface area (Å²) in [5.41, 5.74) is 1.37. The van der Waals surface area contributed by atoms with E-state index in [-0.39, 0.29) is 13.2 Å². The zero-order chi connectivity index (χ0) is 19.3. The third-order valence-corrected chi connectivity index (χ3v) is 4.24. The number of hydrogen-bond acceptors (Lipinski definition) is 5. The molecule has 138 valence electrons. The fourth-order valence-corrected chi connectivity index (χ4v) is 3.16. The van der Waals surface area contributed by atoms with Crippen molar-refractivity contribution in [1.29, 1.82) is 0 Å². The van der Waals surface area contributed by atoms with Crippen molar-refractivity contribution in [2.75, 3.05) is 20.3 Å². The number of halogens is 1. The fourth-order valence-electron chi connectivity index (χ4n) is 2.58. The van der Waals surface area contributed by atoms with Crippen LogP contribution in [0, 0.1) is 12.3 Å². The summed E-state index contributed by atoms with van der Waals surface area (Å²) in [6.07, 6.45) is 5.23. The van der Waals surface area contributed by atoms with Gasteiger partial charge >= 0.3 is 12.0 Å². The van der Waals surface area contributed by atoms with Gasteiger partial charge in [0.2, 0.25) is 0 Å². The summed E-state index contributed by atoms with van der Waals surface area (Å²) in [5.74, 6) is 2.73. The van der Waals surface area contributed by atoms with Crippen molar-refractivity contribution in [3.05, 3.63) is 33.4 Å². The van der Waals surface area contributed by atoms with Crippen molar-refractivity contribution >= 4 is 27.9 Å². The van der Waals surface area contributed by atoms with Crippen LogP contribution in [0.25, 0.3) is 0 Å². The van der Waals surface area contributed by atoms with Crippen LogP contribution in [0.15, 0.2) is 27.9 Å². The first-order chi connectivity index (χ1) is 12.4. The summed E-state index contributed by atoms with van der Waals surface area (Å²) in [4.78, 5) is 24.3. The molecule has 0 unspecified atom stereocenters. The molecule has 0 spiro atoms. The molecule has 1 aliphatic rings. The molecule has 7 nitrogen and oxygen atoms in total. The summed E-state index contributed by atoms with van der Waals surface area (Å²) >= 11 is 3.42. The number of methoxy groups -OCH3 is 1. The van der Waals surface area contributed by atoms with E-state index < -0.39 is 18.0 Å². The molecule has 1 heterocycles. The Kier molecular flexibility index (Phi) is 6.52. The highest BCUT2D eigenvalue weighted by atomic mass is 79.9. The monoisotopic (exact) mass is 422 g/mol. The molecule has 1 aliphatic heterocycles. The lowest BCUT2D eigenvalue weighted by molar-refractivity contribution is -0.139. The van der Waals surface area contributed by atoms with E-state index in [4.69, 9.17) is 20.6 Å². The van der Waals surface area contributed by atoms with Crippen LogP contribution < -0.4 is 20.1 Å². The quantitative estimate of drug-likeness (QED) is 0.543. The van der Waals surface area contributed by atoms with Gasteiger partial charge in [-0.1, -0.05) is 5.92 Å². The Labute approximate surface area is 160 Å². The van der Waals surface area contributed by atoms with Gasteiger partial charge in [0, 0.05) is 5.70 Å². The Bertz CT molecular complexity index is 798. The molecule has 0 aliphatic carbocycles. The Morgan fingerprint density at radius 1 is 1.42 bits per heavy atom. The molecule has 0 fully saturated rings. The van der Waals surface area contributed by atoms with Gasteiger partial charge < -0.3 is 24.8 Å². The predicted octanol–water partition coefficient (Wildman–Crippen LogP) is 2.66. The van der Waals surface area contributed by atoms with E-state index in [1.165, 1.54) is 7.11 Å². The number of terminal acetylenes is 1. The van der Waals surface area contributed by atoms with Crippen molar-refractivity contribution in [3.8, 4) is 23.8 Å². The number of carbonyl (C=O) groups excluding carboxylic acids is 2. The lowest BCUT2D eigenvalue weighted by atomic mass is 9.95. The summed E-state index contributed by atoms with van der Waals surface area (Å²) < 4.78 is 16.6. The van der Waals surface area contributed by atoms with Crippen LogP contribution >= 0.6 is 15.9 Å². The number of allylic oxidation sites excluding steroid dienone is 1. The number of hydrogen-bond donors (Lipinski definition) is 2. The topological polar surface area (TPSA) is 85.9 Å². The maximum Gasteiger partial charge on any atom is 0.338 e. The SMILES string of the molecule is C#CCOc1c(Br)cc([C@H]2NC(=O)NC(C)=C2C(=O)OCC)cc1OC. The van der Waals surface area contributed by atoms with Gasteiger partial charge in [-0.05, 0) is 47.5 Å². The van der Waals surface area contributed by atoms with Crippen LogP contribution in [0.3, 0.4) is 0 Å². The first-order valence-corrected chi connectivity index (χ1v) is 8.61. The maximum atomic E-state index is 12.4. The summed E-state index contributed by atoms with van der Waals surface area (Å²) in [6.45, 7) is 3.66. The normalized spacial score (nSPS) is 16.3. The van der Waals surface area contributed by atoms with E-state index in [0.717, 1.165) is 0 Å². The lowest BCUT2D eigenvalue weighted by Gasteiger charge is -2.28. The Morgan fingerprint density at radius 3 is 2.77 bits per heavy atom. The van der Waals surface area contributed by atoms with Crippen LogP contribution in [0.1, 0.15) is 25.5 Å². The van der Waals surface area contributed by atoms with Gasteiger partial charge in [0.25, 0.3) is 0 Å². The van der Waals surface area contributed by atoms with Gasteiger partial charge in [-0.2, -0.15) is 0 Å². The first-order valence-electron chi connectivity index (χ1n) is 7.82. The van der Waals surface area contributed by atoms with Crippen LogP contribution in [-0.4, -0.2) is 32.3 Å². The van der Waals surface area contributed by atoms with Gasteiger partial charge in [0.1, 0.15) is 6.61 Å². The highest BCUT2D eigenvalue weighted by Crippen LogP contribution is 2.40. The second-order valence-electron chi connectivity index (χ2n) is 5.32. The molecule has 2 N–H and O–H groups in total. The van der Waals surface area contributed by atoms with E-state index in [0.29, 0.717) is 32.8 Å². The highest BCUT2D eigenvalue weighted by molar-refractivity contribution is 9.10. The van der Waals surface area contributed by atoms with Crippen molar-refractivity contribution < 1.29 is 23.8 Å². The molecule has 0 bridgehead atoms. The highest BCUT2D eigenvalue weighted by Gasteiger charge is 2.33. The van der Waals surface area contributed by atoms with E-state index in [9.17, 15) is 9.59 Å². The average Bonchev–Trinajstić information content (AvgIpc) is 2.59. The summed E-state index contributed by atoms with van der Waals surface area (Å²) in [5, 5.41) is 5.33. The molecule has 0 radical (unpaired) electrons. The van der Waals surface area contributed by atoms with Gasteiger partial charge in [-0.3, -0.25) is 0 Å². The number of esters is 1. The van der Waals surface area contributed by atoms with Crippen molar-refractivity contribution in [1.82, 2.24) is 10.6 Å². The third-order valence-electron chi connectivity index (χ3n) is 3.65. The Morgan fingerprint density at radius 2 is 2.15 bits per heavy atom. The van der Waals surface area contributed by atoms with Crippen molar-refractivity contribution in [2.45, 2.75) is 19.9 Å². The van der Waals surface area contributed by atoms with Crippen LogP contribution in [0.2, 0.25) is 0 Å². The number of ether oxygens (including phenoxy) is 3. The van der Waals surface area contributed by atoms with Gasteiger partial charge in [-0.25, -0.2) is 9.59 Å². The first kappa shape index (κ1) is 19.7. The molecule has 26 heavy (non-hydrogen) atoms. The minimum atomic E-state index is -0.699. The van der Waals surface area contributed by atoms with Crippen molar-refractivity contribution in [3.63, 3.8) is 0 Å². The number of rotatable bonds is 6. The molecule has 2 amide bonds. The van der Waals surface area contributed by atoms with Crippen LogP contribution in [-0.2, 0) is 9.53 Å². The molecule has 0 saturated heterocycles. The number of nitrogens with one attached hydrogen (secondary N) is 2. The van der Waals surface area contributed by atoms with Crippen LogP contribution in [0.5, 0.6) is 11.5 Å². The smallest absolute Gasteiger partial charge is 0.338 e. The summed E-state index contributed by atoms with van der Waals surface area (Å²) in [7, 11) is 1.49. The standard InChI is InChI=1S/C18H19BrN2O5/c1-5-7-26-16-12(19)8-11(9-13(16)24-4)15-14(17(22)25-6-2)10(3)20-18(23)21-15/h1,8-9,15H,6-7H2,2-4H3,(H2,20,21,23)/t15-/m1/s1. The van der Waals surface area contributed by atoms with Gasteiger partial charge in [0.15, 0.2) is 11.5 Å². The molecule has 0 saturated carbocycles. The van der Waals surface area contributed by atoms with E-state index in [1.54, 1.807) is 26.0 Å². The average molecular weight is 423 g/mol. The molecule has 0 aromatic heterocycles. The molecule has 1 atom stereocenters. The van der Waals surface area contributed by atoms with Gasteiger partial charge in [-0.15, -0.1) is 6.42 Å². The number of benzene rings is 1. The second kappa shape index (κ2) is 8.63. The zero-order valence-corrected chi connectivity index (χ0v) is 16.2. The summed E-state index contributed by atoms with van der Waals surface area (Å²) in [6, 6.07) is 2.30.